The normalized spacial score (nSPS) is 23.9. The zero-order valence-corrected chi connectivity index (χ0v) is 68.5. The number of rotatable bonds is 28. The van der Waals surface area contributed by atoms with Crippen molar-refractivity contribution >= 4 is 63.1 Å². The highest BCUT2D eigenvalue weighted by molar-refractivity contribution is 6.88. The number of hydrogen-bond acceptors (Lipinski definition) is 20. The van der Waals surface area contributed by atoms with Gasteiger partial charge in [-0.2, -0.15) is 0 Å². The molecule has 5 rings (SSSR count). The first kappa shape index (κ1) is 93.1. The van der Waals surface area contributed by atoms with Gasteiger partial charge in [0.2, 0.25) is 0 Å². The molecule has 5 heterocycles. The predicted octanol–water partition coefficient (Wildman–Crippen LogP) is 20.2. The molecule has 30 heteroatoms. The molecule has 5 unspecified atom stereocenters. The highest BCUT2D eigenvalue weighted by Gasteiger charge is 2.49. The van der Waals surface area contributed by atoms with Gasteiger partial charge in [-0.25, -0.2) is 50.3 Å². The lowest BCUT2D eigenvalue weighted by atomic mass is 10.1. The summed E-state index contributed by atoms with van der Waals surface area (Å²) < 4.78 is 156. The van der Waals surface area contributed by atoms with E-state index in [9.17, 15) is 50.3 Å². The van der Waals surface area contributed by atoms with Crippen LogP contribution in [0.15, 0.2) is 46.5 Å². The van der Waals surface area contributed by atoms with Crippen molar-refractivity contribution < 1.29 is 121 Å². The fourth-order valence-electron chi connectivity index (χ4n) is 8.73. The van der Waals surface area contributed by atoms with Crippen molar-refractivity contribution in [1.29, 1.82) is 0 Å². The first-order valence-electron chi connectivity index (χ1n) is 34.4. The lowest BCUT2D eigenvalue weighted by molar-refractivity contribution is -0.180. The van der Waals surface area contributed by atoms with Crippen LogP contribution in [-0.4, -0.2) is 165 Å². The van der Waals surface area contributed by atoms with Crippen LogP contribution in [0.25, 0.3) is 0 Å². The molecule has 0 saturated carbocycles. The summed E-state index contributed by atoms with van der Waals surface area (Å²) in [5.74, 6) is -4.49. The molecule has 0 amide bonds. The Bertz CT molecular complexity index is 2830. The molecule has 100 heavy (non-hydrogen) atoms. The minimum atomic E-state index is -2.89. The van der Waals surface area contributed by atoms with Crippen LogP contribution < -0.4 is 0 Å². The minimum absolute atomic E-state index is 0.0647. The van der Waals surface area contributed by atoms with E-state index >= 15 is 0 Å². The van der Waals surface area contributed by atoms with Crippen molar-refractivity contribution in [3.8, 4) is 11.5 Å². The molecule has 0 aliphatic carbocycles. The van der Waals surface area contributed by atoms with Crippen molar-refractivity contribution in [3.63, 3.8) is 0 Å². The second-order valence-corrected chi connectivity index (χ2v) is 52.2. The fraction of sp³-hybridized carbons (Fsp3) is 0.786. The quantitative estimate of drug-likeness (QED) is 0.0233. The van der Waals surface area contributed by atoms with Crippen LogP contribution in [-0.2, 0) is 71.1 Å². The average molecular weight is 1510 g/mol. The van der Waals surface area contributed by atoms with Crippen LogP contribution in [0, 0.1) is 11.5 Å². The minimum Gasteiger partial charge on any atom is -0.427 e. The van der Waals surface area contributed by atoms with E-state index in [0.29, 0.717) is 56.6 Å². The van der Waals surface area contributed by atoms with Gasteiger partial charge in [-0.05, 0) is 58.3 Å². The maximum atomic E-state index is 14.5. The molecular formula is C70H120F6O20Si4. The number of carbonyl (C=O) groups excluding carboxylic acids is 5. The Balaban J connectivity index is 0.000000626. The van der Waals surface area contributed by atoms with Crippen molar-refractivity contribution in [1.82, 2.24) is 0 Å². The molecule has 0 aromatic heterocycles. The standard InChI is InChI=1S/C15H26F2O4Si.C15H27FO4Si.C15H28O4Si.C15H26O4Si.C10H13F3O4/c1-7-8-15(10-19-13(18)21-15)20-9-11(16)12(17)22(5,6)14(2,3)4;1-7-9-15(11-18-13(17)20-15)19-10-8-12(16)21(5,6)14(2,3)4;2*1-7-9-15(12-17-13(16)19-15)18-10-8-11-20(5,6)14(2,3)4;1-2-3-10(6-15-9(14)17-10)16-5-7(11)4-8(12)13/h7-10H2,1-6H3;8H,7,9-11H2,1-6H3;8,11H,7,9-10,12H2,1-6H3;7,9-10,12H2,1-6H3;4,8H,2-3,5-6H2,1H3. The molecule has 0 aromatic carbocycles. The third-order valence-corrected chi connectivity index (χ3v) is 38.9. The fourth-order valence-corrected chi connectivity index (χ4v) is 13.5. The number of cyclic esters (lactones) is 10. The molecule has 5 aliphatic rings. The van der Waals surface area contributed by atoms with Gasteiger partial charge < -0.3 is 71.1 Å². The lowest BCUT2D eigenvalue weighted by Crippen LogP contribution is -2.40. The van der Waals surface area contributed by atoms with Gasteiger partial charge in [0.1, 0.15) is 55.3 Å². The van der Waals surface area contributed by atoms with Gasteiger partial charge in [-0.15, -0.1) is 5.54 Å². The smallest absolute Gasteiger partial charge is 0.427 e. The predicted molar refractivity (Wildman–Crippen MR) is 379 cm³/mol. The first-order chi connectivity index (χ1) is 45.7. The van der Waals surface area contributed by atoms with Crippen LogP contribution in [0.4, 0.5) is 50.3 Å². The van der Waals surface area contributed by atoms with Crippen LogP contribution in [0.5, 0.6) is 0 Å². The summed E-state index contributed by atoms with van der Waals surface area (Å²) >= 11 is 0. The summed E-state index contributed by atoms with van der Waals surface area (Å²) in [6, 6.07) is 0. The van der Waals surface area contributed by atoms with E-state index in [2.05, 4.69) is 116 Å². The van der Waals surface area contributed by atoms with E-state index in [1.54, 1.807) is 13.1 Å². The molecule has 5 fully saturated rings. The Hall–Kier alpha value is -4.88. The van der Waals surface area contributed by atoms with Gasteiger partial charge in [-0.1, -0.05) is 188 Å². The maximum absolute atomic E-state index is 14.5. The second kappa shape index (κ2) is 39.3. The third kappa shape index (κ3) is 29.7. The number of ether oxygens (including phenoxy) is 15. The first-order valence-corrected chi connectivity index (χ1v) is 46.5. The van der Waals surface area contributed by atoms with Gasteiger partial charge in [0.05, 0.1) is 26.7 Å². The summed E-state index contributed by atoms with van der Waals surface area (Å²) in [7, 11) is -7.81. The Morgan fingerprint density at radius 3 is 1.10 bits per heavy atom. The van der Waals surface area contributed by atoms with E-state index in [-0.39, 0.29) is 72.9 Å². The van der Waals surface area contributed by atoms with E-state index in [1.807, 2.05) is 68.5 Å². The summed E-state index contributed by atoms with van der Waals surface area (Å²) in [6.07, 6.45) is 3.29. The molecule has 5 aliphatic heterocycles. The number of carbonyl (C=O) groups is 5. The number of halogens is 6. The Morgan fingerprint density at radius 1 is 0.470 bits per heavy atom. The maximum Gasteiger partial charge on any atom is 0.511 e. The van der Waals surface area contributed by atoms with Crippen molar-refractivity contribution in [2.45, 2.75) is 290 Å². The van der Waals surface area contributed by atoms with Gasteiger partial charge in [-0.3, -0.25) is 0 Å². The zero-order valence-electron chi connectivity index (χ0n) is 64.5. The van der Waals surface area contributed by atoms with Crippen LogP contribution in [0.2, 0.25) is 72.5 Å². The molecule has 5 saturated heterocycles. The molecule has 578 valence electrons. The number of alkyl halides is 2. The van der Waals surface area contributed by atoms with Gasteiger partial charge >= 0.3 is 30.8 Å². The Morgan fingerprint density at radius 2 is 0.800 bits per heavy atom. The summed E-state index contributed by atoms with van der Waals surface area (Å²) in [4.78, 5) is 55.2. The zero-order chi connectivity index (χ0) is 77.3. The van der Waals surface area contributed by atoms with Gasteiger partial charge in [0.15, 0.2) is 38.9 Å². The topological polar surface area (TPSA) is 224 Å². The summed E-state index contributed by atoms with van der Waals surface area (Å²) in [5.41, 5.74) is 4.87. The SMILES string of the molecule is CCCC1(OCC#C[Si](C)(C)C(C)(C)C)COC(=O)O1.CCCC1(OCC(F)=C(F)[Si](C)(C)C(C)(C)C)COC(=O)O1.CCCC1(OCC(F)=CC(F)F)COC(=O)O1.CCCC1(OCC=C(F)[Si](C)(C)C(C)(C)C)COC(=O)O1.CCCC1(OCC=C[Si](C)(C)C(C)(C)C)COC(=O)O1. The monoisotopic (exact) mass is 1510 g/mol. The van der Waals surface area contributed by atoms with E-state index in [0.717, 1.165) is 19.3 Å². The number of allylic oxidation sites excluding steroid dienone is 1. The summed E-state index contributed by atoms with van der Waals surface area (Å²) in [5, 5.41) is 0.146. The average Bonchev–Trinajstić information content (AvgIpc) is 1.02. The highest BCUT2D eigenvalue weighted by atomic mass is 28.3. The van der Waals surface area contributed by atoms with E-state index in [4.69, 9.17) is 66.3 Å². The van der Waals surface area contributed by atoms with Gasteiger partial charge in [0.25, 0.3) is 35.4 Å². The van der Waals surface area contributed by atoms with Crippen LogP contribution in [0.1, 0.15) is 182 Å². The molecular weight excluding hydrogens is 1390 g/mol. The highest BCUT2D eigenvalue weighted by Crippen LogP contribution is 2.44. The van der Waals surface area contributed by atoms with E-state index in [1.165, 1.54) is 6.08 Å². The van der Waals surface area contributed by atoms with Gasteiger partial charge in [0, 0.05) is 38.2 Å². The van der Waals surface area contributed by atoms with Crippen molar-refractivity contribution in [3.05, 3.63) is 46.5 Å². The van der Waals surface area contributed by atoms with Crippen LogP contribution in [0.3, 0.4) is 0 Å². The second-order valence-electron chi connectivity index (χ2n) is 31.5. The molecule has 0 radical (unpaired) electrons. The van der Waals surface area contributed by atoms with Crippen molar-refractivity contribution in [2.75, 3.05) is 66.1 Å². The van der Waals surface area contributed by atoms with Crippen LogP contribution >= 0.6 is 0 Å². The molecule has 5 atom stereocenters. The van der Waals surface area contributed by atoms with E-state index < -0.39 is 129 Å². The Labute approximate surface area is 595 Å². The Kier molecular flexibility index (Phi) is 36.6. The molecule has 20 nitrogen and oxygen atoms in total. The largest absolute Gasteiger partial charge is 0.511 e. The third-order valence-electron chi connectivity index (χ3n) is 19.1. The lowest BCUT2D eigenvalue weighted by Gasteiger charge is -2.35. The summed E-state index contributed by atoms with van der Waals surface area (Å²) in [6.45, 7) is 51.5. The molecule has 0 N–H and O–H groups in total. The van der Waals surface area contributed by atoms with Crippen molar-refractivity contribution in [2.24, 2.45) is 0 Å². The molecule has 0 spiro atoms. The molecule has 0 aromatic rings. The molecule has 0 bridgehead atoms. The number of hydrogen-bond donors (Lipinski definition) is 0.